The van der Waals surface area contributed by atoms with Gasteiger partial charge in [0.05, 0.1) is 11.1 Å². The fourth-order valence-electron chi connectivity index (χ4n) is 2.35. The molecule has 0 spiro atoms. The molecule has 0 saturated heterocycles. The molecule has 0 saturated carbocycles. The zero-order valence-corrected chi connectivity index (χ0v) is 14.3. The second-order valence-corrected chi connectivity index (χ2v) is 6.79. The number of hydrogen-bond acceptors (Lipinski definition) is 1. The van der Waals surface area contributed by atoms with Crippen molar-refractivity contribution in [3.05, 3.63) is 59.0 Å². The minimum atomic E-state index is 0.204. The average Bonchev–Trinajstić information content (AvgIpc) is 2.95. The van der Waals surface area contributed by atoms with Crippen LogP contribution in [-0.4, -0.2) is 0 Å². The van der Waals surface area contributed by atoms with E-state index in [9.17, 15) is 0 Å². The molecule has 1 atom stereocenters. The van der Waals surface area contributed by atoms with Gasteiger partial charge in [-0.25, -0.2) is 0 Å². The Hall–Kier alpha value is -1.02. The van der Waals surface area contributed by atoms with Crippen LogP contribution < -0.4 is 0 Å². The molecule has 1 aromatic carbocycles. The van der Waals surface area contributed by atoms with Crippen molar-refractivity contribution in [3.63, 3.8) is 0 Å². The summed E-state index contributed by atoms with van der Waals surface area (Å²) in [4.78, 5) is 0.204. The molecule has 2 aromatic rings. The first-order valence-electron chi connectivity index (χ1n) is 7.30. The topological polar surface area (TPSA) is 13.1 Å². The van der Waals surface area contributed by atoms with Crippen LogP contribution in [0.15, 0.2) is 41.0 Å². The molecule has 0 N–H and O–H groups in total. The van der Waals surface area contributed by atoms with Gasteiger partial charge in [-0.15, -0.1) is 0 Å². The van der Waals surface area contributed by atoms with E-state index in [0.29, 0.717) is 0 Å². The third kappa shape index (κ3) is 3.01. The molecule has 0 radical (unpaired) electrons. The van der Waals surface area contributed by atoms with Crippen molar-refractivity contribution in [1.82, 2.24) is 0 Å². The van der Waals surface area contributed by atoms with E-state index in [2.05, 4.69) is 74.0 Å². The Kier molecular flexibility index (Phi) is 4.74. The molecule has 0 bridgehead atoms. The third-order valence-electron chi connectivity index (χ3n) is 4.24. The van der Waals surface area contributed by atoms with Crippen LogP contribution in [0.2, 0.25) is 0 Å². The van der Waals surface area contributed by atoms with E-state index in [0.717, 1.165) is 18.6 Å². The Morgan fingerprint density at radius 1 is 1.10 bits per heavy atom. The molecule has 1 aromatic heterocycles. The molecule has 1 heterocycles. The number of alkyl halides is 1. The van der Waals surface area contributed by atoms with E-state index in [1.165, 1.54) is 16.7 Å². The van der Waals surface area contributed by atoms with E-state index < -0.39 is 0 Å². The first kappa shape index (κ1) is 15.4. The van der Waals surface area contributed by atoms with Crippen LogP contribution in [0.1, 0.15) is 61.4 Å². The lowest BCUT2D eigenvalue weighted by Crippen LogP contribution is -2.15. The predicted molar refractivity (Wildman–Crippen MR) is 88.6 cm³/mol. The maximum absolute atomic E-state index is 5.52. The molecule has 2 rings (SSSR count). The molecular weight excluding hydrogens is 312 g/mol. The smallest absolute Gasteiger partial charge is 0.108 e. The number of aryl methyl sites for hydroxylation is 1. The van der Waals surface area contributed by atoms with Crippen molar-refractivity contribution in [1.29, 1.82) is 0 Å². The van der Waals surface area contributed by atoms with Crippen LogP contribution in [0, 0.1) is 0 Å². The second kappa shape index (κ2) is 6.17. The highest BCUT2D eigenvalue weighted by Crippen LogP contribution is 2.35. The highest BCUT2D eigenvalue weighted by molar-refractivity contribution is 9.09. The van der Waals surface area contributed by atoms with Crippen LogP contribution >= 0.6 is 15.9 Å². The summed E-state index contributed by atoms with van der Waals surface area (Å²) < 4.78 is 5.52. The van der Waals surface area contributed by atoms with Gasteiger partial charge in [0, 0.05) is 12.0 Å². The summed E-state index contributed by atoms with van der Waals surface area (Å²) >= 11 is 3.80. The van der Waals surface area contributed by atoms with E-state index in [-0.39, 0.29) is 10.2 Å². The largest absolute Gasteiger partial charge is 0.469 e. The Balaban J connectivity index is 2.26. The van der Waals surface area contributed by atoms with Gasteiger partial charge in [0.25, 0.3) is 0 Å². The fourth-order valence-corrected chi connectivity index (χ4v) is 3.06. The van der Waals surface area contributed by atoms with Crippen LogP contribution in [0.5, 0.6) is 0 Å². The van der Waals surface area contributed by atoms with Gasteiger partial charge >= 0.3 is 0 Å². The predicted octanol–water partition coefficient (Wildman–Crippen LogP) is 6.01. The maximum atomic E-state index is 5.52. The standard InChI is InChI=1S/C18H23BrO/c1-5-16-15(11-12-20-16)17(19)13-7-9-14(10-8-13)18(3,4)6-2/h7-12,17H,5-6H2,1-4H3. The van der Waals surface area contributed by atoms with Crippen LogP contribution in [0.4, 0.5) is 0 Å². The van der Waals surface area contributed by atoms with Crippen LogP contribution in [0.3, 0.4) is 0 Å². The van der Waals surface area contributed by atoms with Gasteiger partial charge in [0.2, 0.25) is 0 Å². The monoisotopic (exact) mass is 334 g/mol. The van der Waals surface area contributed by atoms with Gasteiger partial charge in [0.1, 0.15) is 5.76 Å². The number of rotatable bonds is 5. The summed E-state index contributed by atoms with van der Waals surface area (Å²) in [6.45, 7) is 8.94. The Labute approximate surface area is 130 Å². The first-order chi connectivity index (χ1) is 9.49. The first-order valence-corrected chi connectivity index (χ1v) is 8.22. The number of furan rings is 1. The molecule has 2 heteroatoms. The van der Waals surface area contributed by atoms with Gasteiger partial charge in [-0.05, 0) is 29.0 Å². The van der Waals surface area contributed by atoms with Gasteiger partial charge in [-0.2, -0.15) is 0 Å². The summed E-state index contributed by atoms with van der Waals surface area (Å²) in [6.07, 6.45) is 3.84. The van der Waals surface area contributed by atoms with E-state index in [1.54, 1.807) is 6.26 Å². The second-order valence-electron chi connectivity index (χ2n) is 5.87. The van der Waals surface area contributed by atoms with Gasteiger partial charge < -0.3 is 4.42 Å². The SMILES string of the molecule is CCc1occc1C(Br)c1ccc(C(C)(C)CC)cc1. The Bertz CT molecular complexity index is 551. The van der Waals surface area contributed by atoms with Gasteiger partial charge in [0.15, 0.2) is 0 Å². The van der Waals surface area contributed by atoms with Crippen molar-refractivity contribution < 1.29 is 4.42 Å². The van der Waals surface area contributed by atoms with E-state index >= 15 is 0 Å². The van der Waals surface area contributed by atoms with Crippen molar-refractivity contribution in [2.75, 3.05) is 0 Å². The van der Waals surface area contributed by atoms with Gasteiger partial charge in [-0.3, -0.25) is 0 Å². The number of benzene rings is 1. The lowest BCUT2D eigenvalue weighted by atomic mass is 9.82. The minimum absolute atomic E-state index is 0.204. The number of hydrogen-bond donors (Lipinski definition) is 0. The van der Waals surface area contributed by atoms with Crippen molar-refractivity contribution in [2.45, 2.75) is 50.8 Å². The van der Waals surface area contributed by atoms with Crippen molar-refractivity contribution in [2.24, 2.45) is 0 Å². The van der Waals surface area contributed by atoms with Crippen LogP contribution in [-0.2, 0) is 11.8 Å². The highest BCUT2D eigenvalue weighted by Gasteiger charge is 2.20. The van der Waals surface area contributed by atoms with E-state index in [4.69, 9.17) is 4.42 Å². The lowest BCUT2D eigenvalue weighted by Gasteiger charge is -2.24. The quantitative estimate of drug-likeness (QED) is 0.610. The summed E-state index contributed by atoms with van der Waals surface area (Å²) in [5.41, 5.74) is 4.14. The molecule has 0 aliphatic rings. The average molecular weight is 335 g/mol. The maximum Gasteiger partial charge on any atom is 0.108 e. The lowest BCUT2D eigenvalue weighted by molar-refractivity contribution is 0.506. The Morgan fingerprint density at radius 2 is 1.75 bits per heavy atom. The fraction of sp³-hybridized carbons (Fsp3) is 0.444. The highest BCUT2D eigenvalue weighted by atomic mass is 79.9. The van der Waals surface area contributed by atoms with E-state index in [1.807, 2.05) is 0 Å². The molecule has 20 heavy (non-hydrogen) atoms. The van der Waals surface area contributed by atoms with Gasteiger partial charge in [-0.1, -0.05) is 67.9 Å². The molecule has 1 nitrogen and oxygen atoms in total. The molecular formula is C18H23BrO. The Morgan fingerprint density at radius 3 is 2.30 bits per heavy atom. The zero-order valence-electron chi connectivity index (χ0n) is 12.7. The van der Waals surface area contributed by atoms with Crippen LogP contribution in [0.25, 0.3) is 0 Å². The number of halogens is 1. The molecule has 0 fully saturated rings. The summed E-state index contributed by atoms with van der Waals surface area (Å²) in [7, 11) is 0. The van der Waals surface area contributed by atoms with Crippen molar-refractivity contribution >= 4 is 15.9 Å². The minimum Gasteiger partial charge on any atom is -0.469 e. The molecule has 1 unspecified atom stereocenters. The summed E-state index contributed by atoms with van der Waals surface area (Å²) in [6, 6.07) is 11.0. The normalized spacial score (nSPS) is 13.4. The molecule has 108 valence electrons. The molecule has 0 aliphatic carbocycles. The van der Waals surface area contributed by atoms with Crippen molar-refractivity contribution in [3.8, 4) is 0 Å². The molecule has 0 aliphatic heterocycles. The zero-order chi connectivity index (χ0) is 14.8. The summed E-state index contributed by atoms with van der Waals surface area (Å²) in [5.74, 6) is 1.06. The third-order valence-corrected chi connectivity index (χ3v) is 5.26. The molecule has 0 amide bonds. The summed E-state index contributed by atoms with van der Waals surface area (Å²) in [5, 5.41) is 0.